The second-order valence-corrected chi connectivity index (χ2v) is 2.81. The summed E-state index contributed by atoms with van der Waals surface area (Å²) in [6, 6.07) is 0. The minimum atomic E-state index is 0.465. The minimum Gasteiger partial charge on any atom is -0.402 e. The molecule has 0 heterocycles. The van der Waals surface area contributed by atoms with Gasteiger partial charge in [0.15, 0.2) is 0 Å². The van der Waals surface area contributed by atoms with E-state index in [0.29, 0.717) is 5.92 Å². The van der Waals surface area contributed by atoms with Crippen LogP contribution in [0, 0.1) is 5.92 Å². The Morgan fingerprint density at radius 2 is 2.44 bits per heavy atom. The fourth-order valence-electron chi connectivity index (χ4n) is 0.786. The van der Waals surface area contributed by atoms with Crippen molar-refractivity contribution in [2.75, 3.05) is 0 Å². The monoisotopic (exact) mass is 143 g/mol. The predicted octanol–water partition coefficient (Wildman–Crippen LogP) is 1.99. The van der Waals surface area contributed by atoms with Crippen LogP contribution in [0.2, 0.25) is 0 Å². The molecule has 1 nitrogen and oxygen atoms in total. The zero-order chi connectivity index (χ0) is 6.85. The molecule has 0 spiro atoms. The molecule has 2 N–H and O–H groups in total. The van der Waals surface area contributed by atoms with E-state index >= 15 is 0 Å². The van der Waals surface area contributed by atoms with Gasteiger partial charge >= 0.3 is 0 Å². The Hall–Kier alpha value is -0.430. The van der Waals surface area contributed by atoms with Gasteiger partial charge in [-0.3, -0.25) is 0 Å². The molecule has 1 atom stereocenters. The molecule has 0 radical (unpaired) electrons. The van der Waals surface area contributed by atoms with Crippen molar-refractivity contribution in [2.45, 2.75) is 13.3 Å². The van der Waals surface area contributed by atoms with Crippen molar-refractivity contribution in [3.63, 3.8) is 0 Å². The van der Waals surface area contributed by atoms with E-state index in [1.165, 1.54) is 0 Å². The van der Waals surface area contributed by atoms with Crippen LogP contribution in [0.4, 0.5) is 0 Å². The highest BCUT2D eigenvalue weighted by Gasteiger charge is 2.07. The van der Waals surface area contributed by atoms with Gasteiger partial charge < -0.3 is 5.73 Å². The third kappa shape index (κ3) is 1.49. The van der Waals surface area contributed by atoms with Crippen LogP contribution in [0.1, 0.15) is 13.3 Å². The number of hydrogen-bond acceptors (Lipinski definition) is 1. The van der Waals surface area contributed by atoms with Gasteiger partial charge in [-0.25, -0.2) is 0 Å². The van der Waals surface area contributed by atoms with E-state index in [0.717, 1.165) is 17.2 Å². The summed E-state index contributed by atoms with van der Waals surface area (Å²) in [5, 5.41) is 0.769. The van der Waals surface area contributed by atoms with Crippen molar-refractivity contribution in [2.24, 2.45) is 11.7 Å². The first-order valence-corrected chi connectivity index (χ1v) is 3.40. The molecule has 0 saturated heterocycles. The highest BCUT2D eigenvalue weighted by molar-refractivity contribution is 6.31. The Bertz CT molecular complexity index is 170. The molecule has 0 amide bonds. The van der Waals surface area contributed by atoms with Crippen molar-refractivity contribution < 1.29 is 0 Å². The molecule has 1 rings (SSSR count). The van der Waals surface area contributed by atoms with Crippen molar-refractivity contribution >= 4 is 11.6 Å². The van der Waals surface area contributed by atoms with Crippen LogP contribution in [0.3, 0.4) is 0 Å². The van der Waals surface area contributed by atoms with Gasteiger partial charge in [0, 0.05) is 10.7 Å². The number of nitrogens with two attached hydrogens (primary N) is 1. The van der Waals surface area contributed by atoms with E-state index in [1.54, 1.807) is 0 Å². The normalized spacial score (nSPS) is 27.1. The third-order valence-electron chi connectivity index (χ3n) is 1.54. The van der Waals surface area contributed by atoms with Crippen LogP contribution in [-0.2, 0) is 0 Å². The summed E-state index contributed by atoms with van der Waals surface area (Å²) < 4.78 is 0. The highest BCUT2D eigenvalue weighted by atomic mass is 35.5. The van der Waals surface area contributed by atoms with E-state index in [-0.39, 0.29) is 0 Å². The Morgan fingerprint density at radius 3 is 2.89 bits per heavy atom. The topological polar surface area (TPSA) is 26.0 Å². The van der Waals surface area contributed by atoms with Crippen LogP contribution in [0.5, 0.6) is 0 Å². The van der Waals surface area contributed by atoms with Gasteiger partial charge in [-0.2, -0.15) is 0 Å². The Labute approximate surface area is 60.2 Å². The van der Waals surface area contributed by atoms with E-state index in [4.69, 9.17) is 17.3 Å². The summed E-state index contributed by atoms with van der Waals surface area (Å²) in [7, 11) is 0. The number of halogens is 1. The molecule has 0 aliphatic heterocycles. The maximum atomic E-state index is 5.68. The van der Waals surface area contributed by atoms with Crippen molar-refractivity contribution in [3.05, 3.63) is 22.9 Å². The van der Waals surface area contributed by atoms with E-state index in [9.17, 15) is 0 Å². The van der Waals surface area contributed by atoms with Gasteiger partial charge in [-0.15, -0.1) is 0 Å². The second-order valence-electron chi connectivity index (χ2n) is 2.37. The Balaban J connectivity index is 2.74. The zero-order valence-electron chi connectivity index (χ0n) is 5.39. The van der Waals surface area contributed by atoms with Gasteiger partial charge in [-0.1, -0.05) is 24.6 Å². The zero-order valence-corrected chi connectivity index (χ0v) is 6.15. The number of rotatable bonds is 0. The van der Waals surface area contributed by atoms with Gasteiger partial charge in [0.25, 0.3) is 0 Å². The van der Waals surface area contributed by atoms with Crippen LogP contribution in [0.25, 0.3) is 0 Å². The average Bonchev–Trinajstić information content (AvgIpc) is 1.80. The molecule has 0 bridgehead atoms. The first kappa shape index (κ1) is 6.69. The molecule has 1 aliphatic carbocycles. The highest BCUT2D eigenvalue weighted by Crippen LogP contribution is 2.21. The second kappa shape index (κ2) is 2.44. The van der Waals surface area contributed by atoms with Gasteiger partial charge in [0.05, 0.1) is 0 Å². The van der Waals surface area contributed by atoms with Crippen LogP contribution < -0.4 is 5.73 Å². The van der Waals surface area contributed by atoms with E-state index < -0.39 is 0 Å². The molecule has 0 aromatic rings. The first-order chi connectivity index (χ1) is 4.20. The van der Waals surface area contributed by atoms with Gasteiger partial charge in [0.1, 0.15) is 0 Å². The minimum absolute atomic E-state index is 0.465. The molecular weight excluding hydrogens is 134 g/mol. The van der Waals surface area contributed by atoms with Crippen molar-refractivity contribution in [1.82, 2.24) is 0 Å². The standard InChI is InChI=1S/C7H10ClN/c1-5-2-3-6(8)4-7(5)9/h3-5H,2,9H2,1H3. The molecule has 50 valence electrons. The summed E-state index contributed by atoms with van der Waals surface area (Å²) in [5.74, 6) is 0.465. The third-order valence-corrected chi connectivity index (χ3v) is 1.80. The van der Waals surface area contributed by atoms with Gasteiger partial charge in [-0.05, 0) is 18.4 Å². The fourth-order valence-corrected chi connectivity index (χ4v) is 1.00. The fraction of sp³-hybridized carbons (Fsp3) is 0.429. The SMILES string of the molecule is CC1CC=C(Cl)C=C1N. The predicted molar refractivity (Wildman–Crippen MR) is 40.0 cm³/mol. The first-order valence-electron chi connectivity index (χ1n) is 3.03. The molecule has 1 unspecified atom stereocenters. The Morgan fingerprint density at radius 1 is 1.78 bits per heavy atom. The van der Waals surface area contributed by atoms with E-state index in [2.05, 4.69) is 6.92 Å². The molecule has 0 aromatic heterocycles. The maximum Gasteiger partial charge on any atom is 0.0383 e. The lowest BCUT2D eigenvalue weighted by atomic mass is 10.00. The van der Waals surface area contributed by atoms with E-state index in [1.807, 2.05) is 12.2 Å². The quantitative estimate of drug-likeness (QED) is 0.552. The van der Waals surface area contributed by atoms with Crippen molar-refractivity contribution in [3.8, 4) is 0 Å². The lowest BCUT2D eigenvalue weighted by molar-refractivity contribution is 0.676. The summed E-state index contributed by atoms with van der Waals surface area (Å²) in [6.07, 6.45) is 4.78. The van der Waals surface area contributed by atoms with Gasteiger partial charge in [0.2, 0.25) is 0 Å². The lowest BCUT2D eigenvalue weighted by Crippen LogP contribution is -2.10. The largest absolute Gasteiger partial charge is 0.402 e. The average molecular weight is 144 g/mol. The molecule has 0 fully saturated rings. The molecule has 2 heteroatoms. The molecule has 1 aliphatic rings. The summed E-state index contributed by atoms with van der Waals surface area (Å²) >= 11 is 5.68. The number of hydrogen-bond donors (Lipinski definition) is 1. The number of allylic oxidation sites excluding steroid dienone is 4. The smallest absolute Gasteiger partial charge is 0.0383 e. The van der Waals surface area contributed by atoms with Crippen molar-refractivity contribution in [1.29, 1.82) is 0 Å². The van der Waals surface area contributed by atoms with Crippen LogP contribution in [-0.4, -0.2) is 0 Å². The Kier molecular flexibility index (Phi) is 1.81. The lowest BCUT2D eigenvalue weighted by Gasteiger charge is -2.13. The maximum absolute atomic E-state index is 5.68. The van der Waals surface area contributed by atoms with Crippen LogP contribution >= 0.6 is 11.6 Å². The summed E-state index contributed by atoms with van der Waals surface area (Å²) in [6.45, 7) is 2.09. The molecule has 0 saturated carbocycles. The summed E-state index contributed by atoms with van der Waals surface area (Å²) in [4.78, 5) is 0. The molecule has 0 aromatic carbocycles. The molecular formula is C7H10ClN. The molecule has 9 heavy (non-hydrogen) atoms. The summed E-state index contributed by atoms with van der Waals surface area (Å²) in [5.41, 5.74) is 6.50. The van der Waals surface area contributed by atoms with Crippen LogP contribution in [0.15, 0.2) is 22.9 Å².